The minimum absolute atomic E-state index is 0.151. The van der Waals surface area contributed by atoms with E-state index in [0.717, 1.165) is 44.1 Å². The molecule has 1 saturated carbocycles. The van der Waals surface area contributed by atoms with Crippen LogP contribution in [0, 0.1) is 6.92 Å². The third-order valence-corrected chi connectivity index (χ3v) is 7.18. The van der Waals surface area contributed by atoms with E-state index in [1.807, 2.05) is 25.3 Å². The summed E-state index contributed by atoms with van der Waals surface area (Å²) in [5.74, 6) is -0.742. The van der Waals surface area contributed by atoms with Crippen LogP contribution in [0.25, 0.3) is 17.0 Å². The lowest BCUT2D eigenvalue weighted by molar-refractivity contribution is -0.577. The summed E-state index contributed by atoms with van der Waals surface area (Å²) in [5, 5.41) is 3.57. The second-order valence-electron chi connectivity index (χ2n) is 9.20. The van der Waals surface area contributed by atoms with E-state index in [-0.39, 0.29) is 28.8 Å². The number of halogens is 1. The average molecular weight is 492 g/mol. The van der Waals surface area contributed by atoms with Crippen molar-refractivity contribution >= 4 is 34.7 Å². The van der Waals surface area contributed by atoms with Gasteiger partial charge >= 0.3 is 5.91 Å². The van der Waals surface area contributed by atoms with E-state index in [1.54, 1.807) is 42.0 Å². The first kappa shape index (κ1) is 23.3. The van der Waals surface area contributed by atoms with Gasteiger partial charge in [-0.2, -0.15) is 4.57 Å². The molecule has 0 bridgehead atoms. The minimum Gasteiger partial charge on any atom is -0.295 e. The van der Waals surface area contributed by atoms with Crippen LogP contribution in [0.2, 0.25) is 5.02 Å². The highest BCUT2D eigenvalue weighted by molar-refractivity contribution is 6.44. The van der Waals surface area contributed by atoms with Gasteiger partial charge in [-0.25, -0.2) is 4.68 Å². The van der Waals surface area contributed by atoms with Gasteiger partial charge in [-0.3, -0.25) is 24.4 Å². The molecule has 1 fully saturated rings. The maximum Gasteiger partial charge on any atom is 0.327 e. The number of imide groups is 1. The summed E-state index contributed by atoms with van der Waals surface area (Å²) >= 11 is 6.15. The molecule has 1 N–H and O–H groups in total. The summed E-state index contributed by atoms with van der Waals surface area (Å²) in [7, 11) is 0. The van der Waals surface area contributed by atoms with Crippen molar-refractivity contribution in [2.75, 3.05) is 0 Å². The number of amides is 2. The Hall–Kier alpha value is -3.45. The van der Waals surface area contributed by atoms with Crippen LogP contribution in [-0.2, 0) is 16.0 Å². The number of nitrogens with zero attached hydrogens (tertiary/aromatic N) is 3. The standard InChI is InChI=1S/C27H27ClN4O3/c1-3-18-9-8-14-30(16-18)24-23(25(33)31(27(24)35)20-11-5-4-6-12-20)22-17(2)29-32(26(22)34)21-13-7-10-19(28)15-21/h7-10,13-16,20H,3-6,11-12H2,1-2H3/p+1. The summed E-state index contributed by atoms with van der Waals surface area (Å²) in [6.07, 6.45) is 9.05. The number of benzene rings is 1. The zero-order valence-corrected chi connectivity index (χ0v) is 20.6. The van der Waals surface area contributed by atoms with E-state index < -0.39 is 11.5 Å². The van der Waals surface area contributed by atoms with Crippen LogP contribution >= 0.6 is 11.6 Å². The fourth-order valence-corrected chi connectivity index (χ4v) is 5.37. The second-order valence-corrected chi connectivity index (χ2v) is 9.64. The summed E-state index contributed by atoms with van der Waals surface area (Å²) < 4.78 is 3.07. The van der Waals surface area contributed by atoms with Gasteiger partial charge in [0.15, 0.2) is 12.4 Å². The molecule has 5 rings (SSSR count). The highest BCUT2D eigenvalue weighted by atomic mass is 35.5. The Balaban J connectivity index is 1.72. The molecule has 0 spiro atoms. The number of pyridine rings is 1. The Morgan fingerprint density at radius 1 is 1.06 bits per heavy atom. The van der Waals surface area contributed by atoms with Crippen LogP contribution in [-0.4, -0.2) is 32.5 Å². The van der Waals surface area contributed by atoms with E-state index in [9.17, 15) is 14.4 Å². The van der Waals surface area contributed by atoms with Crippen LogP contribution in [0.4, 0.5) is 0 Å². The zero-order valence-electron chi connectivity index (χ0n) is 19.9. The smallest absolute Gasteiger partial charge is 0.295 e. The maximum atomic E-state index is 13.9. The molecule has 7 nitrogen and oxygen atoms in total. The number of carbonyl (C=O) groups excluding carboxylic acids is 2. The molecule has 0 unspecified atom stereocenters. The molecule has 1 aliphatic heterocycles. The van der Waals surface area contributed by atoms with Crippen molar-refractivity contribution in [3.05, 3.63) is 81.0 Å². The van der Waals surface area contributed by atoms with E-state index >= 15 is 0 Å². The van der Waals surface area contributed by atoms with Crippen LogP contribution in [0.3, 0.4) is 0 Å². The fourth-order valence-electron chi connectivity index (χ4n) is 5.18. The summed E-state index contributed by atoms with van der Waals surface area (Å²) in [6, 6.07) is 10.6. The van der Waals surface area contributed by atoms with Crippen molar-refractivity contribution in [3.8, 4) is 5.69 Å². The van der Waals surface area contributed by atoms with Crippen LogP contribution < -0.4 is 10.1 Å². The molecular weight excluding hydrogens is 464 g/mol. The number of aryl methyl sites for hydroxylation is 2. The van der Waals surface area contributed by atoms with Crippen molar-refractivity contribution in [1.82, 2.24) is 14.7 Å². The highest BCUT2D eigenvalue weighted by Crippen LogP contribution is 2.34. The molecule has 0 atom stereocenters. The highest BCUT2D eigenvalue weighted by Gasteiger charge is 2.49. The predicted octanol–water partition coefficient (Wildman–Crippen LogP) is 4.05. The summed E-state index contributed by atoms with van der Waals surface area (Å²) in [4.78, 5) is 42.8. The number of rotatable bonds is 5. The number of H-pyrrole nitrogens is 1. The van der Waals surface area contributed by atoms with Crippen LogP contribution in [0.1, 0.15) is 55.8 Å². The minimum atomic E-state index is -0.399. The van der Waals surface area contributed by atoms with Gasteiger partial charge in [0.2, 0.25) is 0 Å². The lowest BCUT2D eigenvalue weighted by atomic mass is 9.94. The molecular formula is C27H28ClN4O3+. The van der Waals surface area contributed by atoms with E-state index in [1.165, 1.54) is 9.58 Å². The van der Waals surface area contributed by atoms with Crippen molar-refractivity contribution in [1.29, 1.82) is 0 Å². The Bertz CT molecular complexity index is 1410. The molecule has 8 heteroatoms. The molecule has 0 saturated heterocycles. The number of hydrogen-bond donors (Lipinski definition) is 1. The van der Waals surface area contributed by atoms with E-state index in [0.29, 0.717) is 16.4 Å². The van der Waals surface area contributed by atoms with Gasteiger partial charge in [-0.1, -0.05) is 43.9 Å². The molecule has 1 aliphatic carbocycles. The molecule has 35 heavy (non-hydrogen) atoms. The first-order valence-electron chi connectivity index (χ1n) is 12.1. The molecule has 2 aromatic heterocycles. The molecule has 3 heterocycles. The molecule has 2 aliphatic rings. The second kappa shape index (κ2) is 9.30. The Kier molecular flexibility index (Phi) is 6.19. The van der Waals surface area contributed by atoms with Gasteiger partial charge in [0.1, 0.15) is 5.57 Å². The Morgan fingerprint density at radius 3 is 2.54 bits per heavy atom. The Labute approximate surface area is 208 Å². The van der Waals surface area contributed by atoms with E-state index in [4.69, 9.17) is 11.6 Å². The summed E-state index contributed by atoms with van der Waals surface area (Å²) in [6.45, 7) is 3.78. The molecule has 0 radical (unpaired) electrons. The van der Waals surface area contributed by atoms with Gasteiger partial charge in [-0.05, 0) is 50.5 Å². The quantitative estimate of drug-likeness (QED) is 0.432. The third kappa shape index (κ3) is 4.04. The third-order valence-electron chi connectivity index (χ3n) is 6.95. The number of aromatic nitrogens is 3. The first-order valence-corrected chi connectivity index (χ1v) is 12.5. The molecule has 1 aromatic carbocycles. The molecule has 3 aromatic rings. The van der Waals surface area contributed by atoms with E-state index in [2.05, 4.69) is 5.10 Å². The number of carbonyl (C=O) groups is 2. The Morgan fingerprint density at radius 2 is 1.83 bits per heavy atom. The number of nitrogens with one attached hydrogen (secondary N) is 1. The largest absolute Gasteiger partial charge is 0.327 e. The normalized spacial score (nSPS) is 17.1. The molecule has 2 amide bonds. The van der Waals surface area contributed by atoms with Gasteiger partial charge in [0, 0.05) is 28.4 Å². The van der Waals surface area contributed by atoms with Crippen molar-refractivity contribution < 1.29 is 14.2 Å². The number of aromatic amines is 1. The summed E-state index contributed by atoms with van der Waals surface area (Å²) in [5.41, 5.74) is 2.30. The monoisotopic (exact) mass is 491 g/mol. The van der Waals surface area contributed by atoms with Crippen LogP contribution in [0.5, 0.6) is 0 Å². The fraction of sp³-hybridized carbons (Fsp3) is 0.333. The zero-order chi connectivity index (χ0) is 24.7. The maximum absolute atomic E-state index is 13.9. The van der Waals surface area contributed by atoms with Gasteiger partial charge in [0.25, 0.3) is 17.2 Å². The SMILES string of the molecule is CCc1ccc[n+](C2=C(c3c(C)[nH]n(-c4cccc(Cl)c4)c3=O)C(=O)N(C3CCCCC3)C2=O)c1. The van der Waals surface area contributed by atoms with Gasteiger partial charge in [-0.15, -0.1) is 0 Å². The van der Waals surface area contributed by atoms with Crippen LogP contribution in [0.15, 0.2) is 53.6 Å². The average Bonchev–Trinajstić information content (AvgIpc) is 3.30. The van der Waals surface area contributed by atoms with Crippen molar-refractivity contribution in [2.24, 2.45) is 0 Å². The lowest BCUT2D eigenvalue weighted by Gasteiger charge is -2.29. The van der Waals surface area contributed by atoms with Gasteiger partial charge in [0.05, 0.1) is 11.3 Å². The van der Waals surface area contributed by atoms with Gasteiger partial charge < -0.3 is 0 Å². The lowest BCUT2D eigenvalue weighted by Crippen LogP contribution is -2.45. The van der Waals surface area contributed by atoms with Crippen molar-refractivity contribution in [2.45, 2.75) is 58.4 Å². The predicted molar refractivity (Wildman–Crippen MR) is 134 cm³/mol. The first-order chi connectivity index (χ1) is 16.9. The number of hydrogen-bond acceptors (Lipinski definition) is 3. The topological polar surface area (TPSA) is 79.1 Å². The molecule has 180 valence electrons. The van der Waals surface area contributed by atoms with Crippen molar-refractivity contribution in [3.63, 3.8) is 0 Å².